The Balaban J connectivity index is 1.27. The van der Waals surface area contributed by atoms with Gasteiger partial charge >= 0.3 is 0 Å². The molecule has 0 atom stereocenters. The summed E-state index contributed by atoms with van der Waals surface area (Å²) in [6, 6.07) is 12.4. The number of amides is 1. The number of aromatic nitrogens is 3. The van der Waals surface area contributed by atoms with Gasteiger partial charge in [-0.3, -0.25) is 4.79 Å². The topological polar surface area (TPSA) is 72.3 Å². The third kappa shape index (κ3) is 4.23. The second kappa shape index (κ2) is 9.06. The number of rotatable bonds is 5. The van der Waals surface area contributed by atoms with Crippen LogP contribution in [0.2, 0.25) is 0 Å². The van der Waals surface area contributed by atoms with Crippen LogP contribution in [-0.4, -0.2) is 46.9 Å². The van der Waals surface area contributed by atoms with Crippen LogP contribution in [0.5, 0.6) is 5.75 Å². The van der Waals surface area contributed by atoms with E-state index in [-0.39, 0.29) is 17.8 Å². The van der Waals surface area contributed by atoms with Crippen molar-refractivity contribution in [2.24, 2.45) is 0 Å². The normalized spacial score (nSPS) is 14.5. The number of ether oxygens (including phenoxy) is 1. The van der Waals surface area contributed by atoms with E-state index in [1.807, 2.05) is 35.9 Å². The van der Waals surface area contributed by atoms with E-state index >= 15 is 0 Å². The first-order chi connectivity index (χ1) is 16.4. The number of nitrogens with zero attached hydrogens (tertiary/aromatic N) is 4. The van der Waals surface area contributed by atoms with Crippen molar-refractivity contribution >= 4 is 32.7 Å². The molecule has 0 radical (unpaired) electrons. The molecule has 1 fully saturated rings. The molecule has 3 heterocycles. The maximum atomic E-state index is 13.8. The predicted molar refractivity (Wildman–Crippen MR) is 132 cm³/mol. The summed E-state index contributed by atoms with van der Waals surface area (Å²) in [7, 11) is 1.65. The largest absolute Gasteiger partial charge is 0.497 e. The van der Waals surface area contributed by atoms with Crippen LogP contribution in [0.1, 0.15) is 34.5 Å². The fraction of sp³-hybridized carbons (Fsp3) is 0.320. The summed E-state index contributed by atoms with van der Waals surface area (Å²) in [5.74, 6) is 0.208. The molecule has 0 bridgehead atoms. The fourth-order valence-corrected chi connectivity index (χ4v) is 5.22. The minimum Gasteiger partial charge on any atom is -0.497 e. The standard InChI is InChI=1S/C25H26FN5O2S/c1-15-4-5-17(14-21(15)26)24(32)27-18-10-12-30(13-11-18)25-28-23-22(34-25)16(2)29-31(23)19-6-8-20(33-3)9-7-19/h4-9,14,18H,10-13H2,1-3H3,(H,27,32). The van der Waals surface area contributed by atoms with Crippen LogP contribution in [0.3, 0.4) is 0 Å². The zero-order valence-electron chi connectivity index (χ0n) is 19.3. The molecule has 1 amide bonds. The number of thiazole rings is 1. The Morgan fingerprint density at radius 1 is 1.15 bits per heavy atom. The van der Waals surface area contributed by atoms with Crippen LogP contribution in [0.25, 0.3) is 16.0 Å². The van der Waals surface area contributed by atoms with Crippen molar-refractivity contribution < 1.29 is 13.9 Å². The highest BCUT2D eigenvalue weighted by molar-refractivity contribution is 7.22. The lowest BCUT2D eigenvalue weighted by atomic mass is 10.0. The summed E-state index contributed by atoms with van der Waals surface area (Å²) in [6.45, 7) is 5.27. The van der Waals surface area contributed by atoms with Gasteiger partial charge in [0.25, 0.3) is 5.91 Å². The van der Waals surface area contributed by atoms with Gasteiger partial charge in [-0.05, 0) is 68.7 Å². The van der Waals surface area contributed by atoms with E-state index in [9.17, 15) is 9.18 Å². The van der Waals surface area contributed by atoms with Crippen LogP contribution in [0.15, 0.2) is 42.5 Å². The molecule has 0 unspecified atom stereocenters. The number of aryl methyl sites for hydroxylation is 2. The van der Waals surface area contributed by atoms with Gasteiger partial charge in [0.15, 0.2) is 10.8 Å². The Labute approximate surface area is 201 Å². The first kappa shape index (κ1) is 22.3. The molecule has 1 saturated heterocycles. The SMILES string of the molecule is COc1ccc(-n2nc(C)c3sc(N4CCC(NC(=O)c5ccc(C)c(F)c5)CC4)nc32)cc1. The molecule has 1 N–H and O–H groups in total. The molecule has 34 heavy (non-hydrogen) atoms. The summed E-state index contributed by atoms with van der Waals surface area (Å²) in [6.07, 6.45) is 1.61. The number of methoxy groups -OCH3 is 1. The van der Waals surface area contributed by atoms with Crippen LogP contribution in [-0.2, 0) is 0 Å². The van der Waals surface area contributed by atoms with Crippen LogP contribution < -0.4 is 15.0 Å². The summed E-state index contributed by atoms with van der Waals surface area (Å²) >= 11 is 1.65. The minimum absolute atomic E-state index is 0.0546. The van der Waals surface area contributed by atoms with Crippen molar-refractivity contribution in [1.82, 2.24) is 20.1 Å². The second-order valence-electron chi connectivity index (χ2n) is 8.54. The molecule has 176 valence electrons. The molecule has 2 aromatic carbocycles. The van der Waals surface area contributed by atoms with E-state index in [4.69, 9.17) is 9.72 Å². The lowest BCUT2D eigenvalue weighted by molar-refractivity contribution is 0.0930. The molecule has 5 rings (SSSR count). The Bertz CT molecular complexity index is 1340. The predicted octanol–water partition coefficient (Wildman–Crippen LogP) is 4.65. The van der Waals surface area contributed by atoms with Crippen molar-refractivity contribution in [3.05, 3.63) is 65.1 Å². The van der Waals surface area contributed by atoms with E-state index in [0.717, 1.165) is 58.5 Å². The molecule has 1 aliphatic rings. The van der Waals surface area contributed by atoms with Gasteiger partial charge in [-0.15, -0.1) is 0 Å². The number of hydrogen-bond acceptors (Lipinski definition) is 6. The Morgan fingerprint density at radius 2 is 1.88 bits per heavy atom. The number of piperidine rings is 1. The number of nitrogens with one attached hydrogen (secondary N) is 1. The third-order valence-corrected chi connectivity index (χ3v) is 7.44. The van der Waals surface area contributed by atoms with E-state index < -0.39 is 0 Å². The Hall–Kier alpha value is -3.46. The average molecular weight is 480 g/mol. The zero-order valence-corrected chi connectivity index (χ0v) is 20.2. The average Bonchev–Trinajstić information content (AvgIpc) is 3.42. The second-order valence-corrected chi connectivity index (χ2v) is 9.52. The number of anilines is 1. The van der Waals surface area contributed by atoms with Crippen LogP contribution in [0.4, 0.5) is 9.52 Å². The number of hydrogen-bond donors (Lipinski definition) is 1. The van der Waals surface area contributed by atoms with Gasteiger partial charge in [0.1, 0.15) is 11.6 Å². The number of carbonyl (C=O) groups excluding carboxylic acids is 1. The lowest BCUT2D eigenvalue weighted by Gasteiger charge is -2.32. The molecule has 7 nitrogen and oxygen atoms in total. The number of fused-ring (bicyclic) bond motifs is 1. The number of halogens is 1. The van der Waals surface area contributed by atoms with Gasteiger partial charge in [0, 0.05) is 24.7 Å². The molecule has 0 spiro atoms. The fourth-order valence-electron chi connectivity index (χ4n) is 4.18. The summed E-state index contributed by atoms with van der Waals surface area (Å²) in [5, 5.41) is 8.69. The molecule has 0 aliphatic carbocycles. The molecular formula is C25H26FN5O2S. The molecule has 4 aromatic rings. The van der Waals surface area contributed by atoms with E-state index in [1.165, 1.54) is 6.07 Å². The van der Waals surface area contributed by atoms with Crippen molar-refractivity contribution in [3.63, 3.8) is 0 Å². The summed E-state index contributed by atoms with van der Waals surface area (Å²) in [5.41, 5.74) is 3.62. The van der Waals surface area contributed by atoms with Crippen molar-refractivity contribution in [3.8, 4) is 11.4 Å². The highest BCUT2D eigenvalue weighted by Crippen LogP contribution is 2.34. The van der Waals surface area contributed by atoms with E-state index in [2.05, 4.69) is 15.3 Å². The Morgan fingerprint density at radius 3 is 2.56 bits per heavy atom. The monoisotopic (exact) mass is 479 g/mol. The third-order valence-electron chi connectivity index (χ3n) is 6.23. The lowest BCUT2D eigenvalue weighted by Crippen LogP contribution is -2.44. The first-order valence-corrected chi connectivity index (χ1v) is 12.1. The quantitative estimate of drug-likeness (QED) is 0.451. The maximum Gasteiger partial charge on any atom is 0.251 e. The molecule has 0 saturated carbocycles. The van der Waals surface area contributed by atoms with E-state index in [0.29, 0.717) is 11.1 Å². The molecule has 1 aliphatic heterocycles. The smallest absolute Gasteiger partial charge is 0.251 e. The van der Waals surface area contributed by atoms with E-state index in [1.54, 1.807) is 37.5 Å². The number of carbonyl (C=O) groups is 1. The molecule has 2 aromatic heterocycles. The van der Waals surface area contributed by atoms with Crippen molar-refractivity contribution in [2.45, 2.75) is 32.7 Å². The highest BCUT2D eigenvalue weighted by Gasteiger charge is 2.25. The maximum absolute atomic E-state index is 13.8. The minimum atomic E-state index is -0.359. The van der Waals surface area contributed by atoms with Crippen LogP contribution >= 0.6 is 11.3 Å². The van der Waals surface area contributed by atoms with Gasteiger partial charge in [-0.1, -0.05) is 17.4 Å². The van der Waals surface area contributed by atoms with Gasteiger partial charge in [-0.2, -0.15) is 10.1 Å². The van der Waals surface area contributed by atoms with Crippen LogP contribution in [0, 0.1) is 19.7 Å². The summed E-state index contributed by atoms with van der Waals surface area (Å²) in [4.78, 5) is 19.7. The number of benzene rings is 2. The van der Waals surface area contributed by atoms with Gasteiger partial charge in [0.05, 0.1) is 23.2 Å². The van der Waals surface area contributed by atoms with Crippen molar-refractivity contribution in [1.29, 1.82) is 0 Å². The van der Waals surface area contributed by atoms with Crippen molar-refractivity contribution in [2.75, 3.05) is 25.1 Å². The molecule has 9 heteroatoms. The van der Waals surface area contributed by atoms with Gasteiger partial charge in [-0.25, -0.2) is 9.07 Å². The summed E-state index contributed by atoms with van der Waals surface area (Å²) < 4.78 is 22.0. The zero-order chi connectivity index (χ0) is 23.8. The Kier molecular flexibility index (Phi) is 5.95. The van der Waals surface area contributed by atoms with Gasteiger partial charge < -0.3 is 15.0 Å². The highest BCUT2D eigenvalue weighted by atomic mass is 32.1. The van der Waals surface area contributed by atoms with Gasteiger partial charge in [0.2, 0.25) is 0 Å². The first-order valence-electron chi connectivity index (χ1n) is 11.3. The molecular weight excluding hydrogens is 453 g/mol.